The summed E-state index contributed by atoms with van der Waals surface area (Å²) in [5, 5.41) is 2.93. The first kappa shape index (κ1) is 9.99. The van der Waals surface area contributed by atoms with Crippen LogP contribution in [0, 0.1) is 5.41 Å². The minimum Gasteiger partial charge on any atom is -0.347 e. The minimum atomic E-state index is -0.242. The number of thiophene rings is 1. The van der Waals surface area contributed by atoms with E-state index >= 15 is 0 Å². The molecular weight excluding hydrogens is 218 g/mol. The lowest BCUT2D eigenvalue weighted by Crippen LogP contribution is -2.59. The first-order valence-electron chi connectivity index (χ1n) is 4.64. The minimum absolute atomic E-state index is 0.148. The van der Waals surface area contributed by atoms with Gasteiger partial charge in [-0.1, -0.05) is 18.5 Å². The maximum Gasteiger partial charge on any atom is 0.228 e. The molecule has 1 amide bonds. The van der Waals surface area contributed by atoms with Crippen LogP contribution in [0.4, 0.5) is 0 Å². The molecular formula is C10H12ClNOS. The van der Waals surface area contributed by atoms with Gasteiger partial charge >= 0.3 is 0 Å². The molecule has 76 valence electrons. The summed E-state index contributed by atoms with van der Waals surface area (Å²) in [5.41, 5.74) is -0.242. The molecule has 0 saturated carbocycles. The average Bonchev–Trinajstić information content (AvgIpc) is 2.59. The second-order valence-electron chi connectivity index (χ2n) is 3.82. The number of hydrogen-bond acceptors (Lipinski definition) is 2. The maximum absolute atomic E-state index is 11.4. The predicted octanol–water partition coefficient (Wildman–Crippen LogP) is 2.99. The molecule has 2 nitrogen and oxygen atoms in total. The second kappa shape index (κ2) is 3.24. The van der Waals surface area contributed by atoms with Crippen LogP contribution in [0.25, 0.3) is 0 Å². The molecule has 1 fully saturated rings. The van der Waals surface area contributed by atoms with Gasteiger partial charge in [0.15, 0.2) is 0 Å². The number of β-lactam (4-membered cyclic amide) rings is 1. The van der Waals surface area contributed by atoms with Crippen molar-refractivity contribution in [3.05, 3.63) is 21.3 Å². The summed E-state index contributed by atoms with van der Waals surface area (Å²) < 4.78 is 0.777. The number of nitrogens with one attached hydrogen (secondary N) is 1. The number of hydrogen-bond donors (Lipinski definition) is 1. The van der Waals surface area contributed by atoms with Gasteiger partial charge in [0, 0.05) is 4.88 Å². The van der Waals surface area contributed by atoms with E-state index in [0.717, 1.165) is 15.6 Å². The number of rotatable bonds is 2. The molecule has 0 aromatic carbocycles. The summed E-state index contributed by atoms with van der Waals surface area (Å²) in [5.74, 6) is 0.148. The molecule has 4 heteroatoms. The Morgan fingerprint density at radius 3 is 2.79 bits per heavy atom. The molecule has 2 rings (SSSR count). The molecule has 0 radical (unpaired) electrons. The van der Waals surface area contributed by atoms with Crippen molar-refractivity contribution in [1.82, 2.24) is 5.32 Å². The molecule has 14 heavy (non-hydrogen) atoms. The Bertz CT molecular complexity index is 376. The van der Waals surface area contributed by atoms with Gasteiger partial charge in [0.05, 0.1) is 15.8 Å². The Hall–Kier alpha value is -0.540. The highest BCUT2D eigenvalue weighted by molar-refractivity contribution is 7.16. The largest absolute Gasteiger partial charge is 0.347 e. The third-order valence-electron chi connectivity index (χ3n) is 3.04. The molecule has 1 saturated heterocycles. The van der Waals surface area contributed by atoms with Crippen LogP contribution in [0.5, 0.6) is 0 Å². The van der Waals surface area contributed by atoms with Crippen molar-refractivity contribution in [2.75, 3.05) is 0 Å². The first-order valence-corrected chi connectivity index (χ1v) is 5.83. The van der Waals surface area contributed by atoms with Crippen LogP contribution in [-0.4, -0.2) is 5.91 Å². The van der Waals surface area contributed by atoms with E-state index in [2.05, 4.69) is 5.32 Å². The summed E-state index contributed by atoms with van der Waals surface area (Å²) in [6.45, 7) is 4.05. The number of carbonyl (C=O) groups excluding carboxylic acids is 1. The Balaban J connectivity index is 2.26. The van der Waals surface area contributed by atoms with Crippen molar-refractivity contribution in [3.8, 4) is 0 Å². The van der Waals surface area contributed by atoms with Gasteiger partial charge in [-0.3, -0.25) is 4.79 Å². The predicted molar refractivity (Wildman–Crippen MR) is 58.6 cm³/mol. The molecule has 1 aliphatic heterocycles. The summed E-state index contributed by atoms with van der Waals surface area (Å²) in [7, 11) is 0. The van der Waals surface area contributed by atoms with E-state index in [1.165, 1.54) is 0 Å². The Morgan fingerprint density at radius 2 is 2.36 bits per heavy atom. The van der Waals surface area contributed by atoms with E-state index in [4.69, 9.17) is 11.6 Å². The summed E-state index contributed by atoms with van der Waals surface area (Å²) in [4.78, 5) is 12.6. The van der Waals surface area contributed by atoms with E-state index in [1.807, 2.05) is 26.0 Å². The van der Waals surface area contributed by atoms with Crippen LogP contribution < -0.4 is 5.32 Å². The lowest BCUT2D eigenvalue weighted by molar-refractivity contribution is -0.144. The topological polar surface area (TPSA) is 29.1 Å². The molecule has 1 aromatic heterocycles. The maximum atomic E-state index is 11.4. The number of amides is 1. The Morgan fingerprint density at radius 1 is 1.64 bits per heavy atom. The monoisotopic (exact) mass is 229 g/mol. The third kappa shape index (κ3) is 1.27. The van der Waals surface area contributed by atoms with Crippen molar-refractivity contribution < 1.29 is 4.79 Å². The van der Waals surface area contributed by atoms with E-state index in [9.17, 15) is 4.79 Å². The van der Waals surface area contributed by atoms with Gasteiger partial charge in [-0.15, -0.1) is 11.3 Å². The lowest BCUT2D eigenvalue weighted by atomic mass is 9.71. The average molecular weight is 230 g/mol. The smallest absolute Gasteiger partial charge is 0.228 e. The molecule has 1 N–H and O–H groups in total. The van der Waals surface area contributed by atoms with Crippen molar-refractivity contribution in [2.45, 2.75) is 26.3 Å². The van der Waals surface area contributed by atoms with Gasteiger partial charge < -0.3 is 5.32 Å². The van der Waals surface area contributed by atoms with Crippen molar-refractivity contribution in [2.24, 2.45) is 5.41 Å². The molecule has 0 bridgehead atoms. The molecule has 0 spiro atoms. The zero-order valence-corrected chi connectivity index (χ0v) is 9.71. The van der Waals surface area contributed by atoms with Crippen LogP contribution in [0.15, 0.2) is 12.1 Å². The normalized spacial score (nSPS) is 31.1. The lowest BCUT2D eigenvalue weighted by Gasteiger charge is -2.45. The van der Waals surface area contributed by atoms with E-state index in [0.29, 0.717) is 0 Å². The standard InChI is InChI=1S/C10H12ClNOS/c1-3-10(2)8(12-9(10)13)6-4-5-7(11)14-6/h4-5,8H,3H2,1-2H3,(H,12,13). The van der Waals surface area contributed by atoms with Crippen molar-refractivity contribution in [3.63, 3.8) is 0 Å². The molecule has 2 heterocycles. The van der Waals surface area contributed by atoms with Gasteiger partial charge in [0.1, 0.15) is 0 Å². The zero-order chi connectivity index (χ0) is 10.3. The van der Waals surface area contributed by atoms with Crippen LogP contribution in [-0.2, 0) is 4.79 Å². The van der Waals surface area contributed by atoms with Gasteiger partial charge in [0.2, 0.25) is 5.91 Å². The SMILES string of the molecule is CCC1(C)C(=O)NC1c1ccc(Cl)s1. The zero-order valence-electron chi connectivity index (χ0n) is 8.13. The molecule has 2 atom stereocenters. The highest BCUT2D eigenvalue weighted by Crippen LogP contribution is 2.46. The molecule has 0 aliphatic carbocycles. The quantitative estimate of drug-likeness (QED) is 0.777. The fraction of sp³-hybridized carbons (Fsp3) is 0.500. The first-order chi connectivity index (χ1) is 6.58. The highest BCUT2D eigenvalue weighted by atomic mass is 35.5. The fourth-order valence-corrected chi connectivity index (χ4v) is 3.01. The van der Waals surface area contributed by atoms with Crippen molar-refractivity contribution in [1.29, 1.82) is 0 Å². The third-order valence-corrected chi connectivity index (χ3v) is 4.34. The van der Waals surface area contributed by atoms with Gasteiger partial charge in [-0.05, 0) is 25.5 Å². The summed E-state index contributed by atoms with van der Waals surface area (Å²) in [6.07, 6.45) is 0.860. The van der Waals surface area contributed by atoms with E-state index in [-0.39, 0.29) is 17.4 Å². The molecule has 1 aliphatic rings. The van der Waals surface area contributed by atoms with Crippen LogP contribution >= 0.6 is 22.9 Å². The van der Waals surface area contributed by atoms with Gasteiger partial charge in [-0.25, -0.2) is 0 Å². The number of carbonyl (C=O) groups is 1. The summed E-state index contributed by atoms with van der Waals surface area (Å²) in [6, 6.07) is 4.02. The van der Waals surface area contributed by atoms with Gasteiger partial charge in [-0.2, -0.15) is 0 Å². The molecule has 2 unspecified atom stereocenters. The number of halogens is 1. The van der Waals surface area contributed by atoms with Crippen molar-refractivity contribution >= 4 is 28.8 Å². The van der Waals surface area contributed by atoms with Gasteiger partial charge in [0.25, 0.3) is 0 Å². The van der Waals surface area contributed by atoms with Crippen LogP contribution in [0.1, 0.15) is 31.2 Å². The Labute approximate surface area is 92.3 Å². The van der Waals surface area contributed by atoms with E-state index < -0.39 is 0 Å². The van der Waals surface area contributed by atoms with E-state index in [1.54, 1.807) is 11.3 Å². The fourth-order valence-electron chi connectivity index (χ4n) is 1.74. The Kier molecular flexibility index (Phi) is 2.32. The molecule has 1 aromatic rings. The van der Waals surface area contributed by atoms with Crippen LogP contribution in [0.2, 0.25) is 4.34 Å². The van der Waals surface area contributed by atoms with Crippen LogP contribution in [0.3, 0.4) is 0 Å². The summed E-state index contributed by atoms with van der Waals surface area (Å²) >= 11 is 7.41. The highest BCUT2D eigenvalue weighted by Gasteiger charge is 2.50. The second-order valence-corrected chi connectivity index (χ2v) is 5.57.